The molecular formula is C14H17N3O2. The molecule has 1 aromatic carbocycles. The van der Waals surface area contributed by atoms with Crippen LogP contribution in [0.25, 0.3) is 0 Å². The Labute approximate surface area is 112 Å². The van der Waals surface area contributed by atoms with Gasteiger partial charge < -0.3 is 20.5 Å². The number of nitrogens with zero attached hydrogens (tertiary/aromatic N) is 1. The highest BCUT2D eigenvalue weighted by atomic mass is 16.5. The third-order valence-corrected chi connectivity index (χ3v) is 2.72. The molecule has 0 unspecified atom stereocenters. The maximum absolute atomic E-state index is 5.90. The minimum Gasteiger partial charge on any atom is -0.495 e. The van der Waals surface area contributed by atoms with Gasteiger partial charge in [0, 0.05) is 6.07 Å². The molecule has 100 valence electrons. The predicted molar refractivity (Wildman–Crippen MR) is 76.2 cm³/mol. The molecule has 1 heterocycles. The first-order chi connectivity index (χ1) is 9.13. The van der Waals surface area contributed by atoms with Crippen molar-refractivity contribution in [3.05, 3.63) is 35.9 Å². The summed E-state index contributed by atoms with van der Waals surface area (Å²) in [5.41, 5.74) is 8.38. The lowest BCUT2D eigenvalue weighted by Gasteiger charge is -2.13. The summed E-state index contributed by atoms with van der Waals surface area (Å²) < 4.78 is 10.4. The zero-order valence-electron chi connectivity index (χ0n) is 11.2. The van der Waals surface area contributed by atoms with Crippen LogP contribution in [0.3, 0.4) is 0 Å². The molecule has 0 aliphatic carbocycles. The quantitative estimate of drug-likeness (QED) is 0.883. The van der Waals surface area contributed by atoms with Gasteiger partial charge in [0.15, 0.2) is 5.82 Å². The maximum Gasteiger partial charge on any atom is 0.215 e. The zero-order chi connectivity index (χ0) is 13.8. The summed E-state index contributed by atoms with van der Waals surface area (Å²) in [6, 6.07) is 9.31. The molecule has 0 bridgehead atoms. The molecule has 0 saturated carbocycles. The van der Waals surface area contributed by atoms with Crippen molar-refractivity contribution in [3.8, 4) is 11.6 Å². The largest absolute Gasteiger partial charge is 0.495 e. The van der Waals surface area contributed by atoms with E-state index in [1.54, 1.807) is 26.4 Å². The van der Waals surface area contributed by atoms with Crippen molar-refractivity contribution in [2.24, 2.45) is 0 Å². The van der Waals surface area contributed by atoms with Gasteiger partial charge in [0.1, 0.15) is 5.75 Å². The van der Waals surface area contributed by atoms with Crippen LogP contribution in [0.15, 0.2) is 30.3 Å². The van der Waals surface area contributed by atoms with E-state index in [-0.39, 0.29) is 0 Å². The number of hydrogen-bond donors (Lipinski definition) is 2. The van der Waals surface area contributed by atoms with Gasteiger partial charge in [-0.05, 0) is 30.7 Å². The number of anilines is 3. The molecule has 2 rings (SSSR count). The Hall–Kier alpha value is -2.43. The number of nitrogens with one attached hydrogen (secondary N) is 1. The fourth-order valence-electron chi connectivity index (χ4n) is 1.71. The molecule has 19 heavy (non-hydrogen) atoms. The Bertz CT molecular complexity index is 585. The van der Waals surface area contributed by atoms with Crippen LogP contribution >= 0.6 is 0 Å². The van der Waals surface area contributed by atoms with Crippen molar-refractivity contribution in [3.63, 3.8) is 0 Å². The molecule has 0 fully saturated rings. The Balaban J connectivity index is 2.37. The summed E-state index contributed by atoms with van der Waals surface area (Å²) in [5.74, 6) is 1.78. The highest BCUT2D eigenvalue weighted by Gasteiger charge is 2.08. The van der Waals surface area contributed by atoms with Gasteiger partial charge >= 0.3 is 0 Å². The van der Waals surface area contributed by atoms with Crippen LogP contribution in [0.1, 0.15) is 5.56 Å². The second-order valence-electron chi connectivity index (χ2n) is 4.12. The first kappa shape index (κ1) is 13.0. The first-order valence-corrected chi connectivity index (χ1v) is 5.86. The van der Waals surface area contributed by atoms with Crippen molar-refractivity contribution in [1.29, 1.82) is 0 Å². The smallest absolute Gasteiger partial charge is 0.215 e. The third-order valence-electron chi connectivity index (χ3n) is 2.72. The Morgan fingerprint density at radius 1 is 1.11 bits per heavy atom. The molecule has 0 saturated heterocycles. The lowest BCUT2D eigenvalue weighted by atomic mass is 10.2. The van der Waals surface area contributed by atoms with Crippen LogP contribution in [0.4, 0.5) is 17.2 Å². The number of nitrogen functional groups attached to an aromatic ring is 1. The van der Waals surface area contributed by atoms with Crippen molar-refractivity contribution < 1.29 is 9.47 Å². The number of aromatic nitrogens is 1. The monoisotopic (exact) mass is 259 g/mol. The Morgan fingerprint density at radius 3 is 2.58 bits per heavy atom. The Morgan fingerprint density at radius 2 is 1.89 bits per heavy atom. The molecule has 0 aliphatic rings. The average molecular weight is 259 g/mol. The topological polar surface area (TPSA) is 69.4 Å². The minimum absolute atomic E-state index is 0.503. The number of pyridine rings is 1. The fraction of sp³-hybridized carbons (Fsp3) is 0.214. The van der Waals surface area contributed by atoms with Crippen molar-refractivity contribution in [2.45, 2.75) is 6.92 Å². The second kappa shape index (κ2) is 5.48. The van der Waals surface area contributed by atoms with E-state index in [0.717, 1.165) is 17.0 Å². The molecule has 1 aromatic heterocycles. The molecule has 2 aromatic rings. The van der Waals surface area contributed by atoms with Crippen LogP contribution in [-0.2, 0) is 0 Å². The van der Waals surface area contributed by atoms with Gasteiger partial charge in [-0.15, -0.1) is 0 Å². The van der Waals surface area contributed by atoms with Gasteiger partial charge in [-0.1, -0.05) is 6.07 Å². The number of methoxy groups -OCH3 is 2. The molecule has 0 radical (unpaired) electrons. The molecule has 0 amide bonds. The molecule has 0 aliphatic heterocycles. The van der Waals surface area contributed by atoms with Crippen LogP contribution in [0.5, 0.6) is 11.6 Å². The van der Waals surface area contributed by atoms with Crippen molar-refractivity contribution in [1.82, 2.24) is 4.98 Å². The standard InChI is InChI=1S/C14H17N3O2/c1-9-4-6-12(18-2)11(8-9)16-14-10(15)5-7-13(17-14)19-3/h4-8H,15H2,1-3H3,(H,16,17). The molecule has 3 N–H and O–H groups in total. The Kier molecular flexibility index (Phi) is 3.75. The summed E-state index contributed by atoms with van der Waals surface area (Å²) in [5, 5.41) is 3.17. The van der Waals surface area contributed by atoms with Crippen molar-refractivity contribution >= 4 is 17.2 Å². The fourth-order valence-corrected chi connectivity index (χ4v) is 1.71. The summed E-state index contributed by atoms with van der Waals surface area (Å²) >= 11 is 0. The highest BCUT2D eigenvalue weighted by Crippen LogP contribution is 2.30. The van der Waals surface area contributed by atoms with E-state index in [1.165, 1.54) is 0 Å². The van der Waals surface area contributed by atoms with Crippen molar-refractivity contribution in [2.75, 3.05) is 25.3 Å². The molecule has 0 atom stereocenters. The van der Waals surface area contributed by atoms with E-state index in [4.69, 9.17) is 15.2 Å². The van der Waals surface area contributed by atoms with Crippen LogP contribution in [0.2, 0.25) is 0 Å². The normalized spacial score (nSPS) is 10.1. The lowest BCUT2D eigenvalue weighted by molar-refractivity contribution is 0.398. The molecular weight excluding hydrogens is 242 g/mol. The SMILES string of the molecule is COc1ccc(N)c(Nc2cc(C)ccc2OC)n1. The van der Waals surface area contributed by atoms with Crippen LogP contribution < -0.4 is 20.5 Å². The van der Waals surface area contributed by atoms with Crippen LogP contribution in [-0.4, -0.2) is 19.2 Å². The summed E-state index contributed by atoms with van der Waals surface area (Å²) in [7, 11) is 3.19. The lowest BCUT2D eigenvalue weighted by Crippen LogP contribution is -2.02. The number of benzene rings is 1. The number of rotatable bonds is 4. The summed E-state index contributed by atoms with van der Waals surface area (Å²) in [6.45, 7) is 2.01. The number of hydrogen-bond acceptors (Lipinski definition) is 5. The maximum atomic E-state index is 5.90. The minimum atomic E-state index is 0.503. The summed E-state index contributed by atoms with van der Waals surface area (Å²) in [4.78, 5) is 4.28. The van der Waals surface area contributed by atoms with Gasteiger partial charge in [0.05, 0.1) is 25.6 Å². The van der Waals surface area contributed by atoms with Gasteiger partial charge in [-0.3, -0.25) is 0 Å². The highest BCUT2D eigenvalue weighted by molar-refractivity contribution is 5.73. The van der Waals surface area contributed by atoms with E-state index in [9.17, 15) is 0 Å². The number of nitrogens with two attached hydrogens (primary N) is 1. The second-order valence-corrected chi connectivity index (χ2v) is 4.12. The van der Waals surface area contributed by atoms with Gasteiger partial charge in [0.2, 0.25) is 5.88 Å². The molecule has 0 spiro atoms. The number of aryl methyl sites for hydroxylation is 1. The van der Waals surface area contributed by atoms with E-state index >= 15 is 0 Å². The van der Waals surface area contributed by atoms with Gasteiger partial charge in [-0.2, -0.15) is 4.98 Å². The summed E-state index contributed by atoms with van der Waals surface area (Å²) in [6.07, 6.45) is 0. The third kappa shape index (κ3) is 2.88. The molecule has 5 heteroatoms. The van der Waals surface area contributed by atoms with Gasteiger partial charge in [0.25, 0.3) is 0 Å². The van der Waals surface area contributed by atoms with Gasteiger partial charge in [-0.25, -0.2) is 0 Å². The van der Waals surface area contributed by atoms with E-state index in [0.29, 0.717) is 17.4 Å². The first-order valence-electron chi connectivity index (χ1n) is 5.86. The predicted octanol–water partition coefficient (Wildman–Crippen LogP) is 2.73. The van der Waals surface area contributed by atoms with E-state index in [2.05, 4.69) is 10.3 Å². The number of ether oxygens (including phenoxy) is 2. The zero-order valence-corrected chi connectivity index (χ0v) is 11.2. The molecule has 5 nitrogen and oxygen atoms in total. The van der Waals surface area contributed by atoms with E-state index < -0.39 is 0 Å². The van der Waals surface area contributed by atoms with E-state index in [1.807, 2.05) is 25.1 Å². The average Bonchev–Trinajstić information content (AvgIpc) is 2.41. The van der Waals surface area contributed by atoms with Crippen LogP contribution in [0, 0.1) is 6.92 Å².